The Bertz CT molecular complexity index is 525. The molecule has 0 atom stereocenters. The second-order valence-electron chi connectivity index (χ2n) is 3.05. The average molecular weight is 266 g/mol. The fourth-order valence-electron chi connectivity index (χ4n) is 1.41. The second kappa shape index (κ2) is 3.90. The van der Waals surface area contributed by atoms with E-state index in [0.717, 1.165) is 15.2 Å². The van der Waals surface area contributed by atoms with Crippen LogP contribution in [0.5, 0.6) is 5.75 Å². The van der Waals surface area contributed by atoms with Crippen LogP contribution in [0, 0.1) is 0 Å². The SMILES string of the molecule is NC(=O)Oc1cc(Br)c2ccccc2c1. The highest BCUT2D eigenvalue weighted by Crippen LogP contribution is 2.29. The van der Waals surface area contributed by atoms with Gasteiger partial charge in [0.15, 0.2) is 0 Å². The molecule has 0 saturated heterocycles. The van der Waals surface area contributed by atoms with E-state index in [1.807, 2.05) is 24.3 Å². The van der Waals surface area contributed by atoms with Gasteiger partial charge in [-0.3, -0.25) is 0 Å². The zero-order chi connectivity index (χ0) is 10.8. The van der Waals surface area contributed by atoms with Gasteiger partial charge in [-0.1, -0.05) is 40.2 Å². The fraction of sp³-hybridized carbons (Fsp3) is 0. The fourth-order valence-corrected chi connectivity index (χ4v) is 2.00. The van der Waals surface area contributed by atoms with Gasteiger partial charge in [-0.05, 0) is 22.9 Å². The van der Waals surface area contributed by atoms with Crippen molar-refractivity contribution < 1.29 is 9.53 Å². The number of hydrogen-bond acceptors (Lipinski definition) is 2. The zero-order valence-electron chi connectivity index (χ0n) is 7.74. The summed E-state index contributed by atoms with van der Waals surface area (Å²) in [6, 6.07) is 11.3. The molecule has 0 unspecified atom stereocenters. The lowest BCUT2D eigenvalue weighted by atomic mass is 10.1. The summed E-state index contributed by atoms with van der Waals surface area (Å²) in [6.07, 6.45) is -0.808. The largest absolute Gasteiger partial charge is 0.410 e. The van der Waals surface area contributed by atoms with Crippen molar-refractivity contribution in [1.29, 1.82) is 0 Å². The molecule has 76 valence electrons. The molecule has 0 aliphatic rings. The Kier molecular flexibility index (Phi) is 2.60. The van der Waals surface area contributed by atoms with E-state index in [-0.39, 0.29) is 0 Å². The Morgan fingerprint density at radius 3 is 2.73 bits per heavy atom. The van der Waals surface area contributed by atoms with Crippen LogP contribution in [0.4, 0.5) is 4.79 Å². The molecular weight excluding hydrogens is 258 g/mol. The molecule has 2 aromatic carbocycles. The molecule has 0 radical (unpaired) electrons. The lowest BCUT2D eigenvalue weighted by Crippen LogP contribution is -2.16. The molecule has 3 nitrogen and oxygen atoms in total. The predicted octanol–water partition coefficient (Wildman–Crippen LogP) is 3.06. The minimum absolute atomic E-state index is 0.438. The number of ether oxygens (including phenoxy) is 1. The topological polar surface area (TPSA) is 52.3 Å². The normalized spacial score (nSPS) is 10.2. The number of nitrogens with two attached hydrogens (primary N) is 1. The minimum Gasteiger partial charge on any atom is -0.410 e. The summed E-state index contributed by atoms with van der Waals surface area (Å²) in [7, 11) is 0. The van der Waals surface area contributed by atoms with E-state index in [1.165, 1.54) is 0 Å². The van der Waals surface area contributed by atoms with Crippen LogP contribution in [-0.2, 0) is 0 Å². The number of carbonyl (C=O) groups is 1. The molecule has 0 aliphatic carbocycles. The van der Waals surface area contributed by atoms with Crippen molar-refractivity contribution in [2.24, 2.45) is 5.73 Å². The first kappa shape index (κ1) is 9.98. The smallest absolute Gasteiger partial charge is 0.409 e. The first-order chi connectivity index (χ1) is 7.16. The summed E-state index contributed by atoms with van der Waals surface area (Å²) in [5.41, 5.74) is 4.94. The summed E-state index contributed by atoms with van der Waals surface area (Å²) >= 11 is 3.41. The van der Waals surface area contributed by atoms with Crippen LogP contribution < -0.4 is 10.5 Å². The molecule has 15 heavy (non-hydrogen) atoms. The van der Waals surface area contributed by atoms with Crippen molar-refractivity contribution in [2.45, 2.75) is 0 Å². The maximum atomic E-state index is 10.6. The highest BCUT2D eigenvalue weighted by atomic mass is 79.9. The highest BCUT2D eigenvalue weighted by Gasteiger charge is 2.04. The molecule has 0 bridgehead atoms. The van der Waals surface area contributed by atoms with Gasteiger partial charge in [0, 0.05) is 4.47 Å². The van der Waals surface area contributed by atoms with Gasteiger partial charge in [0.1, 0.15) is 5.75 Å². The number of fused-ring (bicyclic) bond motifs is 1. The van der Waals surface area contributed by atoms with Gasteiger partial charge in [-0.25, -0.2) is 4.79 Å². The molecule has 0 fully saturated rings. The average Bonchev–Trinajstić information content (AvgIpc) is 2.16. The number of benzene rings is 2. The summed E-state index contributed by atoms with van der Waals surface area (Å²) < 4.78 is 5.68. The van der Waals surface area contributed by atoms with E-state index in [2.05, 4.69) is 15.9 Å². The molecule has 2 rings (SSSR count). The molecule has 0 spiro atoms. The van der Waals surface area contributed by atoms with Crippen LogP contribution in [0.3, 0.4) is 0 Å². The van der Waals surface area contributed by atoms with Gasteiger partial charge in [0.25, 0.3) is 0 Å². The van der Waals surface area contributed by atoms with E-state index in [9.17, 15) is 4.79 Å². The van der Waals surface area contributed by atoms with E-state index >= 15 is 0 Å². The van der Waals surface area contributed by atoms with Crippen LogP contribution in [0.25, 0.3) is 10.8 Å². The molecule has 0 aromatic heterocycles. The van der Waals surface area contributed by atoms with Gasteiger partial charge in [0.05, 0.1) is 0 Å². The molecule has 4 heteroatoms. The predicted molar refractivity (Wildman–Crippen MR) is 61.9 cm³/mol. The molecule has 0 saturated carbocycles. The van der Waals surface area contributed by atoms with E-state index < -0.39 is 6.09 Å². The lowest BCUT2D eigenvalue weighted by Gasteiger charge is -2.05. The van der Waals surface area contributed by atoms with Crippen molar-refractivity contribution in [3.05, 3.63) is 40.9 Å². The third-order valence-electron chi connectivity index (χ3n) is 2.00. The Morgan fingerprint density at radius 2 is 2.00 bits per heavy atom. The summed E-state index contributed by atoms with van der Waals surface area (Å²) in [5, 5.41) is 2.05. The Hall–Kier alpha value is -1.55. The molecule has 2 aromatic rings. The van der Waals surface area contributed by atoms with Crippen LogP contribution in [0.15, 0.2) is 40.9 Å². The first-order valence-corrected chi connectivity index (χ1v) is 5.12. The van der Waals surface area contributed by atoms with Crippen LogP contribution in [0.1, 0.15) is 0 Å². The maximum Gasteiger partial charge on any atom is 0.409 e. The van der Waals surface area contributed by atoms with E-state index in [1.54, 1.807) is 12.1 Å². The standard InChI is InChI=1S/C11H8BrNO2/c12-10-6-8(15-11(13)14)5-7-3-1-2-4-9(7)10/h1-6H,(H2,13,14). The third-order valence-corrected chi connectivity index (χ3v) is 2.66. The summed E-state index contributed by atoms with van der Waals surface area (Å²) in [5.74, 6) is 0.438. The number of hydrogen-bond donors (Lipinski definition) is 1. The monoisotopic (exact) mass is 265 g/mol. The van der Waals surface area contributed by atoms with Gasteiger partial charge in [-0.2, -0.15) is 0 Å². The van der Waals surface area contributed by atoms with Crippen molar-refractivity contribution in [1.82, 2.24) is 0 Å². The first-order valence-electron chi connectivity index (χ1n) is 4.32. The molecule has 0 aliphatic heterocycles. The Balaban J connectivity index is 2.57. The number of carbonyl (C=O) groups excluding carboxylic acids is 1. The van der Waals surface area contributed by atoms with Crippen LogP contribution in [-0.4, -0.2) is 6.09 Å². The van der Waals surface area contributed by atoms with Crippen LogP contribution >= 0.6 is 15.9 Å². The third kappa shape index (κ3) is 2.10. The highest BCUT2D eigenvalue weighted by molar-refractivity contribution is 9.10. The minimum atomic E-state index is -0.808. The second-order valence-corrected chi connectivity index (χ2v) is 3.90. The number of rotatable bonds is 1. The van der Waals surface area contributed by atoms with Gasteiger partial charge in [-0.15, -0.1) is 0 Å². The van der Waals surface area contributed by atoms with Gasteiger partial charge >= 0.3 is 6.09 Å². The Morgan fingerprint density at radius 1 is 1.27 bits per heavy atom. The van der Waals surface area contributed by atoms with Gasteiger partial charge < -0.3 is 10.5 Å². The van der Waals surface area contributed by atoms with Crippen molar-refractivity contribution in [3.63, 3.8) is 0 Å². The maximum absolute atomic E-state index is 10.6. The summed E-state index contributed by atoms with van der Waals surface area (Å²) in [4.78, 5) is 10.6. The molecule has 1 amide bonds. The number of primary amides is 1. The lowest BCUT2D eigenvalue weighted by molar-refractivity contribution is 0.211. The quantitative estimate of drug-likeness (QED) is 0.862. The Labute approximate surface area is 95.0 Å². The van der Waals surface area contributed by atoms with Crippen molar-refractivity contribution >= 4 is 32.8 Å². The molecule has 0 heterocycles. The zero-order valence-corrected chi connectivity index (χ0v) is 9.32. The number of amides is 1. The van der Waals surface area contributed by atoms with E-state index in [0.29, 0.717) is 5.75 Å². The van der Waals surface area contributed by atoms with E-state index in [4.69, 9.17) is 10.5 Å². The molecule has 2 N–H and O–H groups in total. The number of halogens is 1. The summed E-state index contributed by atoms with van der Waals surface area (Å²) in [6.45, 7) is 0. The van der Waals surface area contributed by atoms with Crippen molar-refractivity contribution in [3.8, 4) is 5.75 Å². The van der Waals surface area contributed by atoms with Crippen LogP contribution in [0.2, 0.25) is 0 Å². The van der Waals surface area contributed by atoms with Gasteiger partial charge in [0.2, 0.25) is 0 Å². The van der Waals surface area contributed by atoms with Crippen molar-refractivity contribution in [2.75, 3.05) is 0 Å². The molecular formula is C11H8BrNO2.